The molecule has 1 unspecified atom stereocenters. The zero-order valence-electron chi connectivity index (χ0n) is 8.06. The second-order valence-electron chi connectivity index (χ2n) is 3.71. The highest BCUT2D eigenvalue weighted by molar-refractivity contribution is 7.10. The molecule has 2 aromatic heterocycles. The van der Waals surface area contributed by atoms with E-state index in [1.165, 1.54) is 23.3 Å². The minimum absolute atomic E-state index is 0.336. The number of nitrogens with zero attached hydrogens (tertiary/aromatic N) is 3. The Morgan fingerprint density at radius 1 is 1.53 bits per heavy atom. The van der Waals surface area contributed by atoms with Crippen LogP contribution in [0.2, 0.25) is 5.28 Å². The van der Waals surface area contributed by atoms with Gasteiger partial charge < -0.3 is 0 Å². The summed E-state index contributed by atoms with van der Waals surface area (Å²) in [7, 11) is 0. The Bertz CT molecular complexity index is 476. The van der Waals surface area contributed by atoms with Crippen LogP contribution in [0.4, 0.5) is 0 Å². The van der Waals surface area contributed by atoms with E-state index in [0.717, 1.165) is 6.42 Å². The van der Waals surface area contributed by atoms with Crippen LogP contribution >= 0.6 is 22.9 Å². The van der Waals surface area contributed by atoms with Gasteiger partial charge in [-0.05, 0) is 47.9 Å². The number of fused-ring (bicyclic) bond motifs is 1. The summed E-state index contributed by atoms with van der Waals surface area (Å²) < 4.78 is 1.96. The summed E-state index contributed by atoms with van der Waals surface area (Å²) in [5.41, 5.74) is 1.40. The van der Waals surface area contributed by atoms with Crippen molar-refractivity contribution in [3.63, 3.8) is 0 Å². The number of aryl methyl sites for hydroxylation is 1. The van der Waals surface area contributed by atoms with Crippen molar-refractivity contribution in [2.75, 3.05) is 0 Å². The first-order chi connectivity index (χ1) is 7.36. The lowest BCUT2D eigenvalue weighted by molar-refractivity contribution is 0.494. The largest absolute Gasteiger partial charge is 0.297 e. The van der Waals surface area contributed by atoms with E-state index in [0.29, 0.717) is 11.3 Å². The highest BCUT2D eigenvalue weighted by Gasteiger charge is 2.24. The van der Waals surface area contributed by atoms with Crippen LogP contribution in [0.25, 0.3) is 0 Å². The van der Waals surface area contributed by atoms with Crippen molar-refractivity contribution >= 4 is 22.9 Å². The molecule has 1 aliphatic carbocycles. The fourth-order valence-electron chi connectivity index (χ4n) is 2.19. The summed E-state index contributed by atoms with van der Waals surface area (Å²) in [6.07, 6.45) is 5.26. The van der Waals surface area contributed by atoms with E-state index < -0.39 is 0 Å². The van der Waals surface area contributed by atoms with Crippen LogP contribution in [-0.2, 0) is 6.42 Å². The van der Waals surface area contributed by atoms with Crippen LogP contribution in [0, 0.1) is 0 Å². The summed E-state index contributed by atoms with van der Waals surface area (Å²) in [6, 6.07) is 2.53. The van der Waals surface area contributed by atoms with Crippen molar-refractivity contribution in [2.45, 2.75) is 25.3 Å². The molecule has 0 spiro atoms. The summed E-state index contributed by atoms with van der Waals surface area (Å²) in [6.45, 7) is 0. The lowest BCUT2D eigenvalue weighted by atomic mass is 9.94. The van der Waals surface area contributed by atoms with E-state index in [1.54, 1.807) is 6.33 Å². The standard InChI is InChI=1S/C10H10ClN3S/c11-10-13-12-6-14(10)8-2-1-3-9-7(8)4-5-15-9/h4-6,8H,1-3H2. The quantitative estimate of drug-likeness (QED) is 0.766. The van der Waals surface area contributed by atoms with Gasteiger partial charge in [-0.2, -0.15) is 0 Å². The third-order valence-electron chi connectivity index (χ3n) is 2.89. The maximum atomic E-state index is 6.00. The van der Waals surface area contributed by atoms with Crippen LogP contribution in [0.3, 0.4) is 0 Å². The smallest absolute Gasteiger partial charge is 0.225 e. The summed E-state index contributed by atoms with van der Waals surface area (Å²) in [4.78, 5) is 1.48. The highest BCUT2D eigenvalue weighted by atomic mass is 35.5. The maximum absolute atomic E-state index is 6.00. The first-order valence-electron chi connectivity index (χ1n) is 4.97. The highest BCUT2D eigenvalue weighted by Crippen LogP contribution is 2.36. The third-order valence-corrected chi connectivity index (χ3v) is 4.15. The van der Waals surface area contributed by atoms with Gasteiger partial charge in [0.25, 0.3) is 0 Å². The van der Waals surface area contributed by atoms with E-state index in [-0.39, 0.29) is 0 Å². The van der Waals surface area contributed by atoms with Gasteiger partial charge in [-0.1, -0.05) is 0 Å². The molecule has 0 aromatic carbocycles. The van der Waals surface area contributed by atoms with Gasteiger partial charge in [0.1, 0.15) is 6.33 Å². The summed E-state index contributed by atoms with van der Waals surface area (Å²) in [5.74, 6) is 0. The van der Waals surface area contributed by atoms with Crippen molar-refractivity contribution in [1.29, 1.82) is 0 Å². The molecule has 0 amide bonds. The minimum atomic E-state index is 0.336. The first kappa shape index (κ1) is 9.36. The molecule has 2 aromatic rings. The lowest BCUT2D eigenvalue weighted by Crippen LogP contribution is -2.15. The molecule has 0 fully saturated rings. The molecule has 0 aliphatic heterocycles. The molecule has 78 valence electrons. The molecular formula is C10H10ClN3S. The molecule has 2 heterocycles. The van der Waals surface area contributed by atoms with E-state index in [1.807, 2.05) is 15.9 Å². The molecule has 15 heavy (non-hydrogen) atoms. The predicted molar refractivity (Wildman–Crippen MR) is 60.4 cm³/mol. The predicted octanol–water partition coefficient (Wildman–Crippen LogP) is 2.92. The Labute approximate surface area is 96.7 Å². The number of hydrogen-bond acceptors (Lipinski definition) is 3. The first-order valence-corrected chi connectivity index (χ1v) is 6.23. The SMILES string of the molecule is Clc1nncn1C1CCCc2sccc21. The van der Waals surface area contributed by atoms with Crippen molar-refractivity contribution in [3.05, 3.63) is 33.5 Å². The van der Waals surface area contributed by atoms with Crippen molar-refractivity contribution in [2.24, 2.45) is 0 Å². The van der Waals surface area contributed by atoms with Crippen molar-refractivity contribution in [3.8, 4) is 0 Å². The maximum Gasteiger partial charge on any atom is 0.225 e. The second kappa shape index (κ2) is 3.61. The van der Waals surface area contributed by atoms with Gasteiger partial charge in [-0.15, -0.1) is 21.5 Å². The molecule has 0 bridgehead atoms. The van der Waals surface area contributed by atoms with Crippen molar-refractivity contribution < 1.29 is 0 Å². The van der Waals surface area contributed by atoms with Gasteiger partial charge in [0.2, 0.25) is 5.28 Å². The third kappa shape index (κ3) is 1.48. The Morgan fingerprint density at radius 2 is 2.47 bits per heavy atom. The van der Waals surface area contributed by atoms with Crippen LogP contribution in [0.5, 0.6) is 0 Å². The van der Waals surface area contributed by atoms with Gasteiger partial charge in [0.05, 0.1) is 6.04 Å². The average Bonchev–Trinajstić information content (AvgIpc) is 2.85. The molecule has 0 radical (unpaired) electrons. The Kier molecular flexibility index (Phi) is 2.25. The monoisotopic (exact) mass is 239 g/mol. The summed E-state index contributed by atoms with van der Waals surface area (Å²) >= 11 is 7.83. The van der Waals surface area contributed by atoms with E-state index >= 15 is 0 Å². The molecule has 3 nitrogen and oxygen atoms in total. The van der Waals surface area contributed by atoms with Crippen molar-refractivity contribution in [1.82, 2.24) is 14.8 Å². The molecule has 0 saturated heterocycles. The number of aromatic nitrogens is 3. The van der Waals surface area contributed by atoms with E-state index in [2.05, 4.69) is 21.6 Å². The Balaban J connectivity index is 2.07. The normalized spacial score (nSPS) is 20.2. The molecular weight excluding hydrogens is 230 g/mol. The Morgan fingerprint density at radius 3 is 3.27 bits per heavy atom. The van der Waals surface area contributed by atoms with Gasteiger partial charge in [-0.25, -0.2) is 0 Å². The average molecular weight is 240 g/mol. The fraction of sp³-hybridized carbons (Fsp3) is 0.400. The number of thiophene rings is 1. The van der Waals surface area contributed by atoms with Gasteiger partial charge >= 0.3 is 0 Å². The molecule has 1 atom stereocenters. The molecule has 0 saturated carbocycles. The second-order valence-corrected chi connectivity index (χ2v) is 5.05. The van der Waals surface area contributed by atoms with E-state index in [4.69, 9.17) is 11.6 Å². The summed E-state index contributed by atoms with van der Waals surface area (Å²) in [5, 5.41) is 10.3. The fourth-order valence-corrected chi connectivity index (χ4v) is 3.37. The topological polar surface area (TPSA) is 30.7 Å². The zero-order chi connectivity index (χ0) is 10.3. The number of halogens is 1. The van der Waals surface area contributed by atoms with Gasteiger partial charge in [-0.3, -0.25) is 4.57 Å². The Hall–Kier alpha value is -0.870. The van der Waals surface area contributed by atoms with Gasteiger partial charge in [0, 0.05) is 4.88 Å². The number of rotatable bonds is 1. The van der Waals surface area contributed by atoms with Crippen LogP contribution in [-0.4, -0.2) is 14.8 Å². The lowest BCUT2D eigenvalue weighted by Gasteiger charge is -2.23. The van der Waals surface area contributed by atoms with Crippen LogP contribution < -0.4 is 0 Å². The number of hydrogen-bond donors (Lipinski definition) is 0. The zero-order valence-corrected chi connectivity index (χ0v) is 9.63. The van der Waals surface area contributed by atoms with Crippen LogP contribution in [0.15, 0.2) is 17.8 Å². The molecule has 5 heteroatoms. The molecule has 1 aliphatic rings. The molecule has 0 N–H and O–H groups in total. The molecule has 3 rings (SSSR count). The minimum Gasteiger partial charge on any atom is -0.297 e. The van der Waals surface area contributed by atoms with E-state index in [9.17, 15) is 0 Å². The van der Waals surface area contributed by atoms with Gasteiger partial charge in [0.15, 0.2) is 0 Å². The van der Waals surface area contributed by atoms with Crippen LogP contribution in [0.1, 0.15) is 29.3 Å².